The van der Waals surface area contributed by atoms with Crippen molar-refractivity contribution in [3.05, 3.63) is 28.2 Å². The van der Waals surface area contributed by atoms with Gasteiger partial charge in [0.1, 0.15) is 12.4 Å². The topological polar surface area (TPSA) is 44.5 Å². The number of benzene rings is 1. The molecule has 0 fully saturated rings. The monoisotopic (exact) mass is 329 g/mol. The summed E-state index contributed by atoms with van der Waals surface area (Å²) in [7, 11) is 0. The van der Waals surface area contributed by atoms with Gasteiger partial charge < -0.3 is 15.2 Å². The van der Waals surface area contributed by atoms with Crippen LogP contribution in [0.5, 0.6) is 5.75 Å². The minimum atomic E-state index is -0.0469. The van der Waals surface area contributed by atoms with Crippen molar-refractivity contribution in [2.75, 3.05) is 19.8 Å². The summed E-state index contributed by atoms with van der Waals surface area (Å²) >= 11 is 3.44. The van der Waals surface area contributed by atoms with Gasteiger partial charge >= 0.3 is 0 Å². The highest BCUT2D eigenvalue weighted by Gasteiger charge is 2.08. The predicted octanol–water partition coefficient (Wildman–Crippen LogP) is 3.91. The van der Waals surface area contributed by atoms with Crippen molar-refractivity contribution < 1.29 is 9.47 Å². The summed E-state index contributed by atoms with van der Waals surface area (Å²) in [5, 5.41) is 0. The van der Waals surface area contributed by atoms with Crippen LogP contribution in [0.15, 0.2) is 22.7 Å². The number of hydrogen-bond acceptors (Lipinski definition) is 3. The lowest BCUT2D eigenvalue weighted by Crippen LogP contribution is -2.12. The number of nitrogens with two attached hydrogens (primary N) is 1. The highest BCUT2D eigenvalue weighted by Crippen LogP contribution is 2.27. The molecule has 1 aromatic carbocycles. The van der Waals surface area contributed by atoms with Crippen molar-refractivity contribution in [2.24, 2.45) is 11.7 Å². The lowest BCUT2D eigenvalue weighted by molar-refractivity contribution is 0.0922. The number of halogens is 1. The summed E-state index contributed by atoms with van der Waals surface area (Å²) in [6.45, 7) is 8.29. The fourth-order valence-corrected chi connectivity index (χ4v) is 2.02. The zero-order valence-electron chi connectivity index (χ0n) is 12.0. The Kier molecular flexibility index (Phi) is 7.42. The molecule has 2 N–H and O–H groups in total. The van der Waals surface area contributed by atoms with Crippen LogP contribution in [-0.4, -0.2) is 19.8 Å². The minimum absolute atomic E-state index is 0.0469. The Morgan fingerprint density at radius 1 is 1.16 bits per heavy atom. The summed E-state index contributed by atoms with van der Waals surface area (Å²) in [5.74, 6) is 1.52. The summed E-state index contributed by atoms with van der Waals surface area (Å²) in [6.07, 6.45) is 1.09. The maximum Gasteiger partial charge on any atom is 0.124 e. The molecule has 0 unspecified atom stereocenters. The zero-order valence-corrected chi connectivity index (χ0v) is 13.6. The number of hydrogen-bond donors (Lipinski definition) is 1. The van der Waals surface area contributed by atoms with Crippen molar-refractivity contribution in [1.82, 2.24) is 0 Å². The minimum Gasteiger partial charge on any atom is -0.491 e. The third-order valence-corrected chi connectivity index (χ3v) is 3.28. The van der Waals surface area contributed by atoms with Crippen LogP contribution in [0.1, 0.15) is 38.8 Å². The Labute approximate surface area is 124 Å². The van der Waals surface area contributed by atoms with Crippen LogP contribution < -0.4 is 10.5 Å². The van der Waals surface area contributed by atoms with E-state index in [0.29, 0.717) is 19.1 Å². The highest BCUT2D eigenvalue weighted by atomic mass is 79.9. The molecule has 1 aromatic rings. The fraction of sp³-hybridized carbons (Fsp3) is 0.600. The summed E-state index contributed by atoms with van der Waals surface area (Å²) < 4.78 is 12.3. The first-order chi connectivity index (χ1) is 9.00. The second-order valence-electron chi connectivity index (χ2n) is 5.11. The van der Waals surface area contributed by atoms with Crippen molar-refractivity contribution in [3.63, 3.8) is 0 Å². The molecule has 0 saturated carbocycles. The van der Waals surface area contributed by atoms with Gasteiger partial charge in [-0.15, -0.1) is 0 Å². The maximum atomic E-state index is 5.94. The molecule has 0 radical (unpaired) electrons. The zero-order chi connectivity index (χ0) is 14.3. The fourth-order valence-electron chi connectivity index (χ4n) is 1.64. The van der Waals surface area contributed by atoms with E-state index in [9.17, 15) is 0 Å². The number of rotatable bonds is 8. The Bertz CT molecular complexity index is 380. The average molecular weight is 330 g/mol. The summed E-state index contributed by atoms with van der Waals surface area (Å²) in [6, 6.07) is 5.85. The lowest BCUT2D eigenvalue weighted by Gasteiger charge is -2.14. The van der Waals surface area contributed by atoms with Gasteiger partial charge in [0.15, 0.2) is 0 Å². The molecule has 0 heterocycles. The molecule has 1 rings (SSSR count). The van der Waals surface area contributed by atoms with E-state index in [-0.39, 0.29) is 6.04 Å². The van der Waals surface area contributed by atoms with Crippen molar-refractivity contribution in [1.29, 1.82) is 0 Å². The SMILES string of the molecule is CC(C)CCOCCOc1ccc(Br)cc1[C@@H](C)N. The highest BCUT2D eigenvalue weighted by molar-refractivity contribution is 9.10. The molecule has 0 saturated heterocycles. The van der Waals surface area contributed by atoms with Crippen molar-refractivity contribution in [3.8, 4) is 5.75 Å². The van der Waals surface area contributed by atoms with Crippen LogP contribution in [0.4, 0.5) is 0 Å². The molecule has 4 heteroatoms. The van der Waals surface area contributed by atoms with E-state index >= 15 is 0 Å². The van der Waals surface area contributed by atoms with Crippen LogP contribution in [-0.2, 0) is 4.74 Å². The van der Waals surface area contributed by atoms with Crippen LogP contribution in [0, 0.1) is 5.92 Å². The van der Waals surface area contributed by atoms with E-state index in [4.69, 9.17) is 15.2 Å². The lowest BCUT2D eigenvalue weighted by atomic mass is 10.1. The van der Waals surface area contributed by atoms with Gasteiger partial charge in [-0.2, -0.15) is 0 Å². The molecule has 108 valence electrons. The molecule has 19 heavy (non-hydrogen) atoms. The Balaban J connectivity index is 2.37. The van der Waals surface area contributed by atoms with E-state index < -0.39 is 0 Å². The molecule has 0 bridgehead atoms. The molecular formula is C15H24BrNO2. The van der Waals surface area contributed by atoms with Gasteiger partial charge in [0, 0.05) is 22.7 Å². The Hall–Kier alpha value is -0.580. The molecule has 0 spiro atoms. The molecule has 0 amide bonds. The first-order valence-electron chi connectivity index (χ1n) is 6.76. The second kappa shape index (κ2) is 8.56. The number of ether oxygens (including phenoxy) is 2. The largest absolute Gasteiger partial charge is 0.491 e. The predicted molar refractivity (Wildman–Crippen MR) is 82.5 cm³/mol. The summed E-state index contributed by atoms with van der Waals surface area (Å²) in [4.78, 5) is 0. The van der Waals surface area contributed by atoms with Crippen LogP contribution >= 0.6 is 15.9 Å². The van der Waals surface area contributed by atoms with E-state index in [0.717, 1.165) is 28.8 Å². The molecule has 0 aliphatic carbocycles. The average Bonchev–Trinajstić information content (AvgIpc) is 2.34. The first-order valence-corrected chi connectivity index (χ1v) is 7.55. The normalized spacial score (nSPS) is 12.7. The molecule has 0 aliphatic heterocycles. The Morgan fingerprint density at radius 3 is 2.53 bits per heavy atom. The van der Waals surface area contributed by atoms with E-state index in [1.807, 2.05) is 25.1 Å². The van der Waals surface area contributed by atoms with Crippen LogP contribution in [0.2, 0.25) is 0 Å². The molecule has 3 nitrogen and oxygen atoms in total. The van der Waals surface area contributed by atoms with Gasteiger partial charge in [0.25, 0.3) is 0 Å². The first kappa shape index (κ1) is 16.5. The van der Waals surface area contributed by atoms with Gasteiger partial charge in [0.05, 0.1) is 6.61 Å². The van der Waals surface area contributed by atoms with Gasteiger partial charge in [-0.3, -0.25) is 0 Å². The van der Waals surface area contributed by atoms with E-state index in [1.54, 1.807) is 0 Å². The quantitative estimate of drug-likeness (QED) is 0.735. The second-order valence-corrected chi connectivity index (χ2v) is 6.03. The Morgan fingerprint density at radius 2 is 1.89 bits per heavy atom. The smallest absolute Gasteiger partial charge is 0.124 e. The molecule has 1 atom stereocenters. The van der Waals surface area contributed by atoms with E-state index in [2.05, 4.69) is 29.8 Å². The molecule has 0 aliphatic rings. The van der Waals surface area contributed by atoms with Gasteiger partial charge in [-0.05, 0) is 37.5 Å². The molecular weight excluding hydrogens is 306 g/mol. The standard InChI is InChI=1S/C15H24BrNO2/c1-11(2)6-7-18-8-9-19-15-5-4-13(16)10-14(15)12(3)17/h4-5,10-12H,6-9,17H2,1-3H3/t12-/m1/s1. The van der Waals surface area contributed by atoms with Gasteiger partial charge in [-0.1, -0.05) is 29.8 Å². The third kappa shape index (κ3) is 6.41. The van der Waals surface area contributed by atoms with Crippen LogP contribution in [0.25, 0.3) is 0 Å². The maximum absolute atomic E-state index is 5.94. The van der Waals surface area contributed by atoms with Crippen LogP contribution in [0.3, 0.4) is 0 Å². The van der Waals surface area contributed by atoms with E-state index in [1.165, 1.54) is 0 Å². The van der Waals surface area contributed by atoms with Crippen molar-refractivity contribution in [2.45, 2.75) is 33.2 Å². The van der Waals surface area contributed by atoms with Gasteiger partial charge in [0.2, 0.25) is 0 Å². The third-order valence-electron chi connectivity index (χ3n) is 2.79. The summed E-state index contributed by atoms with van der Waals surface area (Å²) in [5.41, 5.74) is 6.95. The van der Waals surface area contributed by atoms with Crippen molar-refractivity contribution >= 4 is 15.9 Å². The molecule has 0 aromatic heterocycles. The van der Waals surface area contributed by atoms with Gasteiger partial charge in [-0.25, -0.2) is 0 Å².